The average molecular weight is 266 g/mol. The van der Waals surface area contributed by atoms with Crippen molar-refractivity contribution in [3.63, 3.8) is 0 Å². The molecule has 0 amide bonds. The van der Waals surface area contributed by atoms with E-state index in [1.807, 2.05) is 25.1 Å². The fraction of sp³-hybridized carbons (Fsp3) is 0.235. The van der Waals surface area contributed by atoms with Gasteiger partial charge >= 0.3 is 0 Å². The summed E-state index contributed by atoms with van der Waals surface area (Å²) in [5.41, 5.74) is 5.68. The summed E-state index contributed by atoms with van der Waals surface area (Å²) in [6.45, 7) is 6.76. The van der Waals surface area contributed by atoms with Crippen molar-refractivity contribution < 1.29 is 4.74 Å². The van der Waals surface area contributed by atoms with Crippen LogP contribution in [-0.4, -0.2) is 9.97 Å². The summed E-state index contributed by atoms with van der Waals surface area (Å²) >= 11 is 0. The topological polar surface area (TPSA) is 37.9 Å². The van der Waals surface area contributed by atoms with Crippen LogP contribution in [0, 0.1) is 20.8 Å². The largest absolute Gasteiger partial charge is 0.487 e. The Hall–Kier alpha value is -2.29. The Balaban J connectivity index is 1.91. The summed E-state index contributed by atoms with van der Waals surface area (Å²) < 4.78 is 6.00. The average Bonchev–Trinajstić information content (AvgIpc) is 2.79. The molecule has 0 aliphatic carbocycles. The molecule has 0 bridgehead atoms. The molecule has 1 heterocycles. The van der Waals surface area contributed by atoms with E-state index in [2.05, 4.69) is 42.0 Å². The lowest BCUT2D eigenvalue weighted by atomic mass is 10.0. The van der Waals surface area contributed by atoms with Gasteiger partial charge in [-0.25, -0.2) is 4.98 Å². The van der Waals surface area contributed by atoms with Crippen molar-refractivity contribution in [3.05, 3.63) is 58.9 Å². The number of hydrogen-bond donors (Lipinski definition) is 1. The number of aromatic amines is 1. The molecule has 0 atom stereocenters. The van der Waals surface area contributed by atoms with Crippen molar-refractivity contribution in [1.29, 1.82) is 0 Å². The third kappa shape index (κ3) is 2.27. The molecular weight excluding hydrogens is 248 g/mol. The Morgan fingerprint density at radius 1 is 1.00 bits per heavy atom. The first-order valence-corrected chi connectivity index (χ1v) is 6.78. The van der Waals surface area contributed by atoms with Crippen LogP contribution in [0.1, 0.15) is 22.5 Å². The van der Waals surface area contributed by atoms with E-state index in [1.165, 1.54) is 16.7 Å². The van der Waals surface area contributed by atoms with Crippen LogP contribution in [0.25, 0.3) is 11.0 Å². The molecular formula is C17H18N2O. The van der Waals surface area contributed by atoms with Crippen LogP contribution in [0.2, 0.25) is 0 Å². The Kier molecular flexibility index (Phi) is 3.18. The van der Waals surface area contributed by atoms with Crippen LogP contribution in [0.3, 0.4) is 0 Å². The Labute approximate surface area is 118 Å². The van der Waals surface area contributed by atoms with Crippen molar-refractivity contribution >= 4 is 11.0 Å². The highest BCUT2D eigenvalue weighted by Gasteiger charge is 2.08. The molecule has 20 heavy (non-hydrogen) atoms. The number of ether oxygens (including phenoxy) is 1. The van der Waals surface area contributed by atoms with Gasteiger partial charge < -0.3 is 9.72 Å². The van der Waals surface area contributed by atoms with E-state index in [0.29, 0.717) is 6.61 Å². The Morgan fingerprint density at radius 3 is 2.45 bits per heavy atom. The number of rotatable bonds is 3. The van der Waals surface area contributed by atoms with Gasteiger partial charge in [0.15, 0.2) is 0 Å². The predicted molar refractivity (Wildman–Crippen MR) is 81.1 cm³/mol. The third-order valence-electron chi connectivity index (χ3n) is 3.61. The van der Waals surface area contributed by atoms with Gasteiger partial charge in [-0.05, 0) is 49.6 Å². The summed E-state index contributed by atoms with van der Waals surface area (Å²) in [5, 5.41) is 0. The lowest BCUT2D eigenvalue weighted by molar-refractivity contribution is 0.308. The third-order valence-corrected chi connectivity index (χ3v) is 3.61. The van der Waals surface area contributed by atoms with E-state index in [0.717, 1.165) is 22.6 Å². The summed E-state index contributed by atoms with van der Waals surface area (Å²) in [7, 11) is 0. The van der Waals surface area contributed by atoms with Gasteiger partial charge in [0.2, 0.25) is 0 Å². The molecule has 0 aliphatic heterocycles. The Morgan fingerprint density at radius 2 is 1.70 bits per heavy atom. The molecule has 3 heteroatoms. The second-order valence-electron chi connectivity index (χ2n) is 5.13. The van der Waals surface area contributed by atoms with E-state index in [1.54, 1.807) is 0 Å². The van der Waals surface area contributed by atoms with E-state index in [9.17, 15) is 0 Å². The van der Waals surface area contributed by atoms with E-state index in [-0.39, 0.29) is 0 Å². The molecule has 3 aromatic rings. The van der Waals surface area contributed by atoms with Crippen LogP contribution in [0.15, 0.2) is 36.4 Å². The molecule has 1 aromatic heterocycles. The second kappa shape index (κ2) is 5.00. The molecule has 0 saturated heterocycles. The number of benzene rings is 2. The highest BCUT2D eigenvalue weighted by molar-refractivity contribution is 5.81. The van der Waals surface area contributed by atoms with Gasteiger partial charge in [0.25, 0.3) is 0 Å². The smallest absolute Gasteiger partial charge is 0.147 e. The molecule has 1 N–H and O–H groups in total. The van der Waals surface area contributed by atoms with E-state index < -0.39 is 0 Å². The number of nitrogens with one attached hydrogen (secondary N) is 1. The quantitative estimate of drug-likeness (QED) is 0.776. The molecule has 0 fully saturated rings. The number of imidazole rings is 1. The first-order chi connectivity index (χ1) is 9.65. The number of hydrogen-bond acceptors (Lipinski definition) is 2. The molecule has 3 nitrogen and oxygen atoms in total. The molecule has 3 rings (SSSR count). The highest BCUT2D eigenvalue weighted by atomic mass is 16.5. The van der Waals surface area contributed by atoms with Crippen LogP contribution in [0.5, 0.6) is 5.75 Å². The normalized spacial score (nSPS) is 10.9. The molecule has 0 unspecified atom stereocenters. The highest BCUT2D eigenvalue weighted by Crippen LogP contribution is 2.25. The molecule has 2 aromatic carbocycles. The van der Waals surface area contributed by atoms with Gasteiger partial charge in [-0.1, -0.05) is 24.3 Å². The summed E-state index contributed by atoms with van der Waals surface area (Å²) in [6, 6.07) is 12.3. The Bertz CT molecular complexity index is 739. The maximum atomic E-state index is 6.00. The van der Waals surface area contributed by atoms with Gasteiger partial charge in [0.05, 0.1) is 5.52 Å². The predicted octanol–water partition coefficient (Wildman–Crippen LogP) is 4.07. The van der Waals surface area contributed by atoms with E-state index >= 15 is 0 Å². The van der Waals surface area contributed by atoms with Gasteiger partial charge in [-0.3, -0.25) is 0 Å². The number of H-pyrrole nitrogens is 1. The van der Waals surface area contributed by atoms with Crippen molar-refractivity contribution in [3.8, 4) is 5.75 Å². The van der Waals surface area contributed by atoms with Crippen molar-refractivity contribution in [2.45, 2.75) is 27.4 Å². The number of aromatic nitrogens is 2. The zero-order chi connectivity index (χ0) is 14.1. The second-order valence-corrected chi connectivity index (χ2v) is 5.13. The molecule has 0 spiro atoms. The number of fused-ring (bicyclic) bond motifs is 1. The standard InChI is InChI=1S/C17H18N2O/c1-11-6-4-7-12(2)14(11)10-20-16-9-5-8-15-17(16)19-13(3)18-15/h4-9H,10H2,1-3H3,(H,18,19). The van der Waals surface area contributed by atoms with Crippen LogP contribution >= 0.6 is 0 Å². The minimum absolute atomic E-state index is 0.573. The minimum atomic E-state index is 0.573. The van der Waals surface area contributed by atoms with Crippen LogP contribution < -0.4 is 4.74 Å². The molecule has 0 saturated carbocycles. The zero-order valence-corrected chi connectivity index (χ0v) is 12.0. The van der Waals surface area contributed by atoms with Crippen molar-refractivity contribution in [2.75, 3.05) is 0 Å². The number of aryl methyl sites for hydroxylation is 3. The lowest BCUT2D eigenvalue weighted by Crippen LogP contribution is -2.00. The van der Waals surface area contributed by atoms with Crippen molar-refractivity contribution in [2.24, 2.45) is 0 Å². The zero-order valence-electron chi connectivity index (χ0n) is 12.0. The summed E-state index contributed by atoms with van der Waals surface area (Å²) in [6.07, 6.45) is 0. The molecule has 102 valence electrons. The van der Waals surface area contributed by atoms with Gasteiger partial charge in [-0.2, -0.15) is 0 Å². The molecule has 0 aliphatic rings. The lowest BCUT2D eigenvalue weighted by Gasteiger charge is -2.11. The fourth-order valence-electron chi connectivity index (χ4n) is 2.47. The summed E-state index contributed by atoms with van der Waals surface area (Å²) in [4.78, 5) is 7.72. The monoisotopic (exact) mass is 266 g/mol. The molecule has 0 radical (unpaired) electrons. The van der Waals surface area contributed by atoms with Crippen LogP contribution in [0.4, 0.5) is 0 Å². The maximum Gasteiger partial charge on any atom is 0.147 e. The first kappa shape index (κ1) is 12.7. The van der Waals surface area contributed by atoms with Crippen LogP contribution in [-0.2, 0) is 6.61 Å². The van der Waals surface area contributed by atoms with Gasteiger partial charge in [0.1, 0.15) is 23.7 Å². The first-order valence-electron chi connectivity index (χ1n) is 6.78. The van der Waals surface area contributed by atoms with Gasteiger partial charge in [-0.15, -0.1) is 0 Å². The SMILES string of the molecule is Cc1nc2c(OCc3c(C)cccc3C)cccc2[nH]1. The fourth-order valence-corrected chi connectivity index (χ4v) is 2.47. The number of nitrogens with zero attached hydrogens (tertiary/aromatic N) is 1. The number of para-hydroxylation sites is 1. The van der Waals surface area contributed by atoms with E-state index in [4.69, 9.17) is 4.74 Å². The maximum absolute atomic E-state index is 6.00. The minimum Gasteiger partial charge on any atom is -0.487 e. The van der Waals surface area contributed by atoms with Gasteiger partial charge in [0, 0.05) is 0 Å². The van der Waals surface area contributed by atoms with Crippen molar-refractivity contribution in [1.82, 2.24) is 9.97 Å². The summed E-state index contributed by atoms with van der Waals surface area (Å²) in [5.74, 6) is 1.73.